The molecule has 2 aromatic rings. The van der Waals surface area contributed by atoms with Gasteiger partial charge in [-0.2, -0.15) is 0 Å². The molecule has 0 aliphatic carbocycles. The van der Waals surface area contributed by atoms with E-state index in [0.717, 1.165) is 36.1 Å². The van der Waals surface area contributed by atoms with Gasteiger partial charge in [-0.15, -0.1) is 0 Å². The van der Waals surface area contributed by atoms with Crippen LogP contribution in [0.1, 0.15) is 45.9 Å². The lowest BCUT2D eigenvalue weighted by molar-refractivity contribution is 0.0593. The molecular formula is C18H20BrClN4O3. The highest BCUT2D eigenvalue weighted by Crippen LogP contribution is 2.27. The molecule has 1 aliphatic heterocycles. The third-order valence-corrected chi connectivity index (χ3v) is 5.74. The van der Waals surface area contributed by atoms with E-state index in [1.807, 2.05) is 13.0 Å². The summed E-state index contributed by atoms with van der Waals surface area (Å²) in [5.41, 5.74) is 1.74. The lowest BCUT2D eigenvalue weighted by atomic mass is 9.91. The SMILES string of the molecule is COC(=O)c1cc(N2CCC(CC(=O)c3cc(Br)c(C)[nH]3)CC2)nc(Cl)n1. The summed E-state index contributed by atoms with van der Waals surface area (Å²) < 4.78 is 5.62. The van der Waals surface area contributed by atoms with Gasteiger partial charge in [0.2, 0.25) is 5.28 Å². The number of rotatable bonds is 5. The third kappa shape index (κ3) is 4.68. The molecule has 144 valence electrons. The highest BCUT2D eigenvalue weighted by molar-refractivity contribution is 9.10. The van der Waals surface area contributed by atoms with Gasteiger partial charge in [0.05, 0.1) is 12.8 Å². The Morgan fingerprint density at radius 2 is 2.04 bits per heavy atom. The molecule has 0 aromatic carbocycles. The van der Waals surface area contributed by atoms with Crippen LogP contribution in [0.2, 0.25) is 5.28 Å². The van der Waals surface area contributed by atoms with Crippen molar-refractivity contribution in [2.75, 3.05) is 25.1 Å². The fourth-order valence-corrected chi connectivity index (χ4v) is 3.70. The second kappa shape index (κ2) is 8.39. The van der Waals surface area contributed by atoms with Crippen molar-refractivity contribution in [1.29, 1.82) is 0 Å². The number of aryl methyl sites for hydroxylation is 1. The van der Waals surface area contributed by atoms with Crippen LogP contribution in [0.3, 0.4) is 0 Å². The maximum Gasteiger partial charge on any atom is 0.356 e. The summed E-state index contributed by atoms with van der Waals surface area (Å²) in [4.78, 5) is 37.5. The number of nitrogens with one attached hydrogen (secondary N) is 1. The summed E-state index contributed by atoms with van der Waals surface area (Å²) in [6, 6.07) is 3.42. The van der Waals surface area contributed by atoms with Crippen molar-refractivity contribution in [2.45, 2.75) is 26.2 Å². The van der Waals surface area contributed by atoms with Crippen LogP contribution in [0, 0.1) is 12.8 Å². The molecule has 1 fully saturated rings. The molecule has 1 saturated heterocycles. The number of aromatic nitrogens is 3. The molecule has 0 bridgehead atoms. The van der Waals surface area contributed by atoms with E-state index in [1.54, 1.807) is 6.07 Å². The number of ether oxygens (including phenoxy) is 1. The maximum absolute atomic E-state index is 12.5. The van der Waals surface area contributed by atoms with Gasteiger partial charge < -0.3 is 14.6 Å². The Bertz CT molecular complexity index is 843. The summed E-state index contributed by atoms with van der Waals surface area (Å²) in [5.74, 6) is 0.492. The van der Waals surface area contributed by atoms with Crippen molar-refractivity contribution in [3.63, 3.8) is 0 Å². The Hall–Kier alpha value is -1.93. The molecule has 2 aromatic heterocycles. The Kier molecular flexibility index (Phi) is 6.16. The van der Waals surface area contributed by atoms with E-state index in [-0.39, 0.29) is 16.8 Å². The van der Waals surface area contributed by atoms with E-state index in [9.17, 15) is 9.59 Å². The van der Waals surface area contributed by atoms with Gasteiger partial charge >= 0.3 is 5.97 Å². The number of Topliss-reactive ketones (excluding diaryl/α,β-unsaturated/α-hetero) is 1. The van der Waals surface area contributed by atoms with Crippen LogP contribution >= 0.6 is 27.5 Å². The summed E-state index contributed by atoms with van der Waals surface area (Å²) in [6.07, 6.45) is 2.24. The van der Waals surface area contributed by atoms with Gasteiger partial charge in [-0.1, -0.05) is 0 Å². The number of piperidine rings is 1. The Morgan fingerprint density at radius 3 is 2.63 bits per heavy atom. The second-order valence-electron chi connectivity index (χ2n) is 6.59. The standard InChI is InChI=1S/C18H20BrClN4O3/c1-10-12(19)8-13(21-10)15(25)7-11-3-5-24(6-4-11)16-9-14(17(26)27-2)22-18(20)23-16/h8-9,11,21H,3-7H2,1-2H3. The number of ketones is 1. The fraction of sp³-hybridized carbons (Fsp3) is 0.444. The van der Waals surface area contributed by atoms with E-state index in [4.69, 9.17) is 16.3 Å². The highest BCUT2D eigenvalue weighted by atomic mass is 79.9. The Balaban J connectivity index is 1.61. The van der Waals surface area contributed by atoms with Crippen molar-refractivity contribution < 1.29 is 14.3 Å². The summed E-state index contributed by atoms with van der Waals surface area (Å²) in [5, 5.41) is 0.0119. The van der Waals surface area contributed by atoms with Gasteiger partial charge in [-0.3, -0.25) is 4.79 Å². The van der Waals surface area contributed by atoms with E-state index < -0.39 is 5.97 Å². The minimum atomic E-state index is -0.548. The molecule has 9 heteroatoms. The largest absolute Gasteiger partial charge is 0.464 e. The van der Waals surface area contributed by atoms with Crippen LogP contribution in [-0.4, -0.2) is 46.9 Å². The number of carbonyl (C=O) groups is 2. The Labute approximate surface area is 170 Å². The first kappa shape index (κ1) is 19.8. The number of halogens is 2. The molecule has 1 aliphatic rings. The quantitative estimate of drug-likeness (QED) is 0.419. The molecule has 3 rings (SSSR count). The number of esters is 1. The van der Waals surface area contributed by atoms with Crippen LogP contribution in [0.15, 0.2) is 16.6 Å². The van der Waals surface area contributed by atoms with Crippen molar-refractivity contribution >= 4 is 45.1 Å². The van der Waals surface area contributed by atoms with Gasteiger partial charge in [0.1, 0.15) is 5.82 Å². The summed E-state index contributed by atoms with van der Waals surface area (Å²) in [6.45, 7) is 3.40. The molecule has 0 amide bonds. The number of hydrogen-bond donors (Lipinski definition) is 1. The molecule has 0 unspecified atom stereocenters. The zero-order chi connectivity index (χ0) is 19.6. The Morgan fingerprint density at radius 1 is 1.33 bits per heavy atom. The van der Waals surface area contributed by atoms with Crippen LogP contribution in [-0.2, 0) is 4.74 Å². The normalized spacial score (nSPS) is 15.0. The number of hydrogen-bond acceptors (Lipinski definition) is 6. The minimum absolute atomic E-state index is 0.0119. The summed E-state index contributed by atoms with van der Waals surface area (Å²) in [7, 11) is 1.30. The molecule has 0 saturated carbocycles. The average molecular weight is 456 g/mol. The van der Waals surface area contributed by atoms with E-state index >= 15 is 0 Å². The topological polar surface area (TPSA) is 88.2 Å². The van der Waals surface area contributed by atoms with Crippen LogP contribution in [0.5, 0.6) is 0 Å². The molecular weight excluding hydrogens is 436 g/mol. The van der Waals surface area contributed by atoms with E-state index in [1.165, 1.54) is 7.11 Å². The van der Waals surface area contributed by atoms with Gasteiger partial charge in [0, 0.05) is 35.7 Å². The molecule has 3 heterocycles. The van der Waals surface area contributed by atoms with Gasteiger partial charge in [-0.05, 0) is 59.3 Å². The van der Waals surface area contributed by atoms with Gasteiger partial charge in [0.15, 0.2) is 11.5 Å². The molecule has 0 spiro atoms. The third-order valence-electron chi connectivity index (χ3n) is 4.74. The highest BCUT2D eigenvalue weighted by Gasteiger charge is 2.25. The zero-order valence-electron chi connectivity index (χ0n) is 15.1. The second-order valence-corrected chi connectivity index (χ2v) is 7.78. The van der Waals surface area contributed by atoms with E-state index in [0.29, 0.717) is 23.9 Å². The van der Waals surface area contributed by atoms with Crippen molar-refractivity contribution in [2.24, 2.45) is 5.92 Å². The number of aromatic amines is 1. The summed E-state index contributed by atoms with van der Waals surface area (Å²) >= 11 is 9.37. The zero-order valence-corrected chi connectivity index (χ0v) is 17.4. The monoisotopic (exact) mass is 454 g/mol. The number of anilines is 1. The number of carbonyl (C=O) groups excluding carboxylic acids is 2. The van der Waals surface area contributed by atoms with Crippen LogP contribution in [0.4, 0.5) is 5.82 Å². The van der Waals surface area contributed by atoms with E-state index in [2.05, 4.69) is 35.8 Å². The van der Waals surface area contributed by atoms with Crippen molar-refractivity contribution in [1.82, 2.24) is 15.0 Å². The lowest BCUT2D eigenvalue weighted by Gasteiger charge is -2.32. The first-order valence-electron chi connectivity index (χ1n) is 8.63. The average Bonchev–Trinajstić information content (AvgIpc) is 3.00. The van der Waals surface area contributed by atoms with Crippen molar-refractivity contribution in [3.05, 3.63) is 39.0 Å². The first-order chi connectivity index (χ1) is 12.9. The first-order valence-corrected chi connectivity index (χ1v) is 9.80. The molecule has 7 nitrogen and oxygen atoms in total. The molecule has 27 heavy (non-hydrogen) atoms. The number of nitrogens with zero attached hydrogens (tertiary/aromatic N) is 3. The maximum atomic E-state index is 12.5. The van der Waals surface area contributed by atoms with Crippen LogP contribution < -0.4 is 4.90 Å². The smallest absolute Gasteiger partial charge is 0.356 e. The van der Waals surface area contributed by atoms with Crippen LogP contribution in [0.25, 0.3) is 0 Å². The predicted octanol–water partition coefficient (Wildman–Crippen LogP) is 3.81. The van der Waals surface area contributed by atoms with Gasteiger partial charge in [-0.25, -0.2) is 14.8 Å². The molecule has 0 radical (unpaired) electrons. The molecule has 0 atom stereocenters. The predicted molar refractivity (Wildman–Crippen MR) is 105 cm³/mol. The van der Waals surface area contributed by atoms with Gasteiger partial charge in [0.25, 0.3) is 0 Å². The molecule has 1 N–H and O–H groups in total. The minimum Gasteiger partial charge on any atom is -0.464 e. The number of methoxy groups -OCH3 is 1. The van der Waals surface area contributed by atoms with Crippen molar-refractivity contribution in [3.8, 4) is 0 Å². The fourth-order valence-electron chi connectivity index (χ4n) is 3.20. The number of H-pyrrole nitrogens is 1. The lowest BCUT2D eigenvalue weighted by Crippen LogP contribution is -2.35.